The number of aliphatic hydroxyl groups is 1. The predicted molar refractivity (Wildman–Crippen MR) is 60.2 cm³/mol. The smallest absolute Gasteiger partial charge is 0.163 e. The maximum atomic E-state index is 12.5. The lowest BCUT2D eigenvalue weighted by Gasteiger charge is -2.59. The first-order chi connectivity index (χ1) is 7.50. The second kappa shape index (κ2) is 3.79. The third-order valence-electron chi connectivity index (χ3n) is 4.35. The van der Waals surface area contributed by atoms with Crippen LogP contribution in [0.2, 0.25) is 0 Å². The molecule has 0 spiro atoms. The van der Waals surface area contributed by atoms with Crippen LogP contribution in [-0.4, -0.2) is 54.2 Å². The van der Waals surface area contributed by atoms with E-state index in [-0.39, 0.29) is 17.8 Å². The van der Waals surface area contributed by atoms with Crippen molar-refractivity contribution in [3.63, 3.8) is 0 Å². The average Bonchev–Trinajstić information content (AvgIpc) is 2.24. The number of rotatable bonds is 3. The Labute approximate surface area is 96.6 Å². The molecule has 4 heteroatoms. The Bertz CT molecular complexity index is 307. The second-order valence-electron chi connectivity index (χ2n) is 5.51. The van der Waals surface area contributed by atoms with Gasteiger partial charge >= 0.3 is 0 Å². The van der Waals surface area contributed by atoms with Crippen LogP contribution in [0.3, 0.4) is 0 Å². The summed E-state index contributed by atoms with van der Waals surface area (Å²) in [5.41, 5.74) is -1.06. The molecule has 4 nitrogen and oxygen atoms in total. The largest absolute Gasteiger partial charge is 0.394 e. The van der Waals surface area contributed by atoms with Gasteiger partial charge in [0.25, 0.3) is 0 Å². The average molecular weight is 227 g/mol. The number of methoxy groups -OCH3 is 1. The Morgan fingerprint density at radius 2 is 2.31 bits per heavy atom. The van der Waals surface area contributed by atoms with E-state index in [4.69, 9.17) is 4.74 Å². The quantitative estimate of drug-likeness (QED) is 0.760. The fourth-order valence-electron chi connectivity index (χ4n) is 3.58. The van der Waals surface area contributed by atoms with Crippen molar-refractivity contribution in [2.45, 2.75) is 38.3 Å². The van der Waals surface area contributed by atoms with Gasteiger partial charge in [-0.15, -0.1) is 0 Å². The van der Waals surface area contributed by atoms with Crippen LogP contribution in [0, 0.1) is 5.41 Å². The first kappa shape index (κ1) is 12.0. The molecule has 0 amide bonds. The summed E-state index contributed by atoms with van der Waals surface area (Å²) < 4.78 is 5.17. The minimum atomic E-state index is -0.792. The van der Waals surface area contributed by atoms with Crippen LogP contribution in [0.4, 0.5) is 0 Å². The molecule has 2 bridgehead atoms. The topological polar surface area (TPSA) is 49.8 Å². The summed E-state index contributed by atoms with van der Waals surface area (Å²) in [4.78, 5) is 14.6. The van der Waals surface area contributed by atoms with E-state index >= 15 is 0 Å². The minimum absolute atomic E-state index is 0.139. The van der Waals surface area contributed by atoms with Gasteiger partial charge in [-0.25, -0.2) is 0 Å². The number of carbonyl (C=O) groups is 1. The highest BCUT2D eigenvalue weighted by Crippen LogP contribution is 2.47. The van der Waals surface area contributed by atoms with E-state index in [9.17, 15) is 9.90 Å². The molecule has 16 heavy (non-hydrogen) atoms. The number of Topliss-reactive ketones (excluding diaryl/α,β-unsaturated/α-hetero) is 1. The first-order valence-corrected chi connectivity index (χ1v) is 5.92. The lowest BCUT2D eigenvalue weighted by atomic mass is 9.62. The van der Waals surface area contributed by atoms with Crippen molar-refractivity contribution in [3.05, 3.63) is 0 Å². The van der Waals surface area contributed by atoms with Crippen LogP contribution in [0.15, 0.2) is 0 Å². The second-order valence-corrected chi connectivity index (χ2v) is 5.51. The van der Waals surface area contributed by atoms with Crippen molar-refractivity contribution < 1.29 is 14.6 Å². The number of ether oxygens (including phenoxy) is 1. The first-order valence-electron chi connectivity index (χ1n) is 5.92. The molecule has 1 unspecified atom stereocenters. The van der Waals surface area contributed by atoms with Gasteiger partial charge in [-0.3, -0.25) is 9.69 Å². The highest BCUT2D eigenvalue weighted by molar-refractivity contribution is 5.95. The molecule has 0 aromatic heterocycles. The van der Waals surface area contributed by atoms with Gasteiger partial charge in [0.15, 0.2) is 5.78 Å². The number of ketones is 1. The van der Waals surface area contributed by atoms with Crippen molar-refractivity contribution in [3.8, 4) is 0 Å². The van der Waals surface area contributed by atoms with Gasteiger partial charge in [-0.05, 0) is 19.8 Å². The van der Waals surface area contributed by atoms with Crippen LogP contribution in [0.5, 0.6) is 0 Å². The molecular weight excluding hydrogens is 206 g/mol. The molecule has 0 aliphatic carbocycles. The molecule has 92 valence electrons. The van der Waals surface area contributed by atoms with Gasteiger partial charge < -0.3 is 9.84 Å². The van der Waals surface area contributed by atoms with E-state index in [1.54, 1.807) is 7.11 Å². The maximum Gasteiger partial charge on any atom is 0.163 e. The molecule has 4 atom stereocenters. The van der Waals surface area contributed by atoms with E-state index in [0.717, 1.165) is 19.4 Å². The van der Waals surface area contributed by atoms with Gasteiger partial charge in [0, 0.05) is 25.1 Å². The molecule has 3 rings (SSSR count). The molecule has 3 aliphatic heterocycles. The van der Waals surface area contributed by atoms with Crippen LogP contribution in [-0.2, 0) is 9.53 Å². The van der Waals surface area contributed by atoms with Crippen molar-refractivity contribution in [2.75, 3.05) is 26.9 Å². The van der Waals surface area contributed by atoms with Crippen LogP contribution in [0.1, 0.15) is 26.7 Å². The summed E-state index contributed by atoms with van der Waals surface area (Å²) >= 11 is 0. The molecule has 3 aliphatic rings. The standard InChI is InChI=1S/C12H21NO3/c1-9-6-11(2)4-5-13(9)12(7-14,8-16-3)10(11)15/h9,14H,4-8H2,1-3H3/t9-,11-,12-/m1/s1. The van der Waals surface area contributed by atoms with Gasteiger partial charge in [0.05, 0.1) is 13.2 Å². The molecule has 3 heterocycles. The fraction of sp³-hybridized carbons (Fsp3) is 0.917. The summed E-state index contributed by atoms with van der Waals surface area (Å²) in [7, 11) is 1.58. The third-order valence-corrected chi connectivity index (χ3v) is 4.35. The lowest BCUT2D eigenvalue weighted by Crippen LogP contribution is -2.74. The van der Waals surface area contributed by atoms with Gasteiger partial charge in [0.2, 0.25) is 0 Å². The SMILES string of the molecule is COC[C@]1(CO)C(=O)[C@]2(C)CCN1[C@H](C)C2. The molecule has 3 saturated heterocycles. The monoisotopic (exact) mass is 227 g/mol. The Kier molecular flexibility index (Phi) is 2.85. The summed E-state index contributed by atoms with van der Waals surface area (Å²) in [5.74, 6) is 0.161. The number of carbonyl (C=O) groups excluding carboxylic acids is 1. The number of hydrogen-bond acceptors (Lipinski definition) is 4. The van der Waals surface area contributed by atoms with Gasteiger partial charge in [0.1, 0.15) is 5.54 Å². The minimum Gasteiger partial charge on any atom is -0.394 e. The normalized spacial score (nSPS) is 47.4. The van der Waals surface area contributed by atoms with E-state index in [0.29, 0.717) is 12.6 Å². The van der Waals surface area contributed by atoms with E-state index in [1.165, 1.54) is 0 Å². The molecule has 3 fully saturated rings. The molecule has 0 radical (unpaired) electrons. The predicted octanol–water partition coefficient (Wildman–Crippen LogP) is 0.437. The fourth-order valence-corrected chi connectivity index (χ4v) is 3.58. The van der Waals surface area contributed by atoms with Gasteiger partial charge in [-0.1, -0.05) is 6.92 Å². The third kappa shape index (κ3) is 1.36. The van der Waals surface area contributed by atoms with E-state index < -0.39 is 5.54 Å². The number of nitrogens with zero attached hydrogens (tertiary/aromatic N) is 1. The zero-order valence-electron chi connectivity index (χ0n) is 10.3. The molecule has 0 aromatic carbocycles. The van der Waals surface area contributed by atoms with Crippen molar-refractivity contribution in [1.29, 1.82) is 0 Å². The summed E-state index contributed by atoms with van der Waals surface area (Å²) in [6, 6.07) is 0.346. The van der Waals surface area contributed by atoms with E-state index in [2.05, 4.69) is 11.8 Å². The summed E-state index contributed by atoms with van der Waals surface area (Å²) in [6.07, 6.45) is 1.80. The van der Waals surface area contributed by atoms with Gasteiger partial charge in [-0.2, -0.15) is 0 Å². The highest BCUT2D eigenvalue weighted by atomic mass is 16.5. The summed E-state index contributed by atoms with van der Waals surface area (Å²) in [6.45, 7) is 5.20. The van der Waals surface area contributed by atoms with Crippen molar-refractivity contribution in [1.82, 2.24) is 4.90 Å². The number of hydrogen-bond donors (Lipinski definition) is 1. The Morgan fingerprint density at radius 3 is 2.81 bits per heavy atom. The maximum absolute atomic E-state index is 12.5. The Morgan fingerprint density at radius 1 is 1.62 bits per heavy atom. The molecule has 0 aromatic rings. The molecule has 0 saturated carbocycles. The zero-order valence-corrected chi connectivity index (χ0v) is 10.3. The Balaban J connectivity index is 2.40. The van der Waals surface area contributed by atoms with Crippen molar-refractivity contribution >= 4 is 5.78 Å². The number of piperidine rings is 3. The van der Waals surface area contributed by atoms with Crippen LogP contribution < -0.4 is 0 Å². The van der Waals surface area contributed by atoms with Crippen LogP contribution >= 0.6 is 0 Å². The molecular formula is C12H21NO3. The molecule has 1 N–H and O–H groups in total. The van der Waals surface area contributed by atoms with Crippen LogP contribution in [0.25, 0.3) is 0 Å². The number of fused-ring (bicyclic) bond motifs is 3. The van der Waals surface area contributed by atoms with Crippen molar-refractivity contribution in [2.24, 2.45) is 5.41 Å². The summed E-state index contributed by atoms with van der Waals surface area (Å²) in [5, 5.41) is 9.65. The van der Waals surface area contributed by atoms with E-state index in [1.807, 2.05) is 6.92 Å². The highest BCUT2D eigenvalue weighted by Gasteiger charge is 2.60. The Hall–Kier alpha value is -0.450. The zero-order chi connectivity index (χ0) is 12.0. The lowest BCUT2D eigenvalue weighted by molar-refractivity contribution is -0.177. The number of aliphatic hydroxyl groups excluding tert-OH is 1.